The number of ether oxygens (including phenoxy) is 1. The van der Waals surface area contributed by atoms with Crippen LogP contribution >= 0.6 is 11.3 Å². The van der Waals surface area contributed by atoms with Gasteiger partial charge in [-0.1, -0.05) is 19.1 Å². The van der Waals surface area contributed by atoms with Crippen LogP contribution in [0.15, 0.2) is 24.3 Å². The fraction of sp³-hybridized carbons (Fsp3) is 0.333. The first-order valence-corrected chi connectivity index (χ1v) is 7.40. The predicted octanol–water partition coefficient (Wildman–Crippen LogP) is 3.80. The van der Waals surface area contributed by atoms with Gasteiger partial charge in [0.05, 0.1) is 23.0 Å². The summed E-state index contributed by atoms with van der Waals surface area (Å²) >= 11 is 1.40. The summed E-state index contributed by atoms with van der Waals surface area (Å²) in [6.07, 6.45) is 0.926. The number of carbonyl (C=O) groups excluding carboxylic acids is 1. The minimum Gasteiger partial charge on any atom is -0.491 e. The first-order chi connectivity index (χ1) is 9.61. The van der Waals surface area contributed by atoms with Crippen LogP contribution in [0, 0.1) is 13.8 Å². The maximum absolute atomic E-state index is 12.3. The smallest absolute Gasteiger partial charge is 0.267 e. The Labute approximate surface area is 122 Å². The fourth-order valence-electron chi connectivity index (χ4n) is 1.83. The lowest BCUT2D eigenvalue weighted by Crippen LogP contribution is -2.12. The van der Waals surface area contributed by atoms with Crippen LogP contribution in [0.1, 0.15) is 33.7 Å². The topological polar surface area (TPSA) is 51.2 Å². The zero-order valence-corrected chi connectivity index (χ0v) is 12.7. The quantitative estimate of drug-likeness (QED) is 0.911. The molecule has 1 aromatic carbocycles. The number of nitrogens with zero attached hydrogens (tertiary/aromatic N) is 1. The molecular weight excluding hydrogens is 272 g/mol. The van der Waals surface area contributed by atoms with Crippen molar-refractivity contribution in [2.24, 2.45) is 0 Å². The van der Waals surface area contributed by atoms with Crippen molar-refractivity contribution in [3.63, 3.8) is 0 Å². The predicted molar refractivity (Wildman–Crippen MR) is 81.8 cm³/mol. The van der Waals surface area contributed by atoms with Crippen molar-refractivity contribution in [3.8, 4) is 5.75 Å². The molecule has 0 saturated heterocycles. The number of thiazole rings is 1. The van der Waals surface area contributed by atoms with E-state index < -0.39 is 0 Å². The molecule has 106 valence electrons. The minimum atomic E-state index is -0.138. The Kier molecular flexibility index (Phi) is 4.74. The molecule has 0 aliphatic rings. The first-order valence-electron chi connectivity index (χ1n) is 6.59. The number of carbonyl (C=O) groups is 1. The summed E-state index contributed by atoms with van der Waals surface area (Å²) in [5.74, 6) is 0.558. The molecule has 1 amide bonds. The van der Waals surface area contributed by atoms with Gasteiger partial charge in [0.1, 0.15) is 10.6 Å². The molecule has 0 aliphatic carbocycles. The molecule has 1 N–H and O–H groups in total. The van der Waals surface area contributed by atoms with Crippen molar-refractivity contribution in [1.29, 1.82) is 0 Å². The van der Waals surface area contributed by atoms with Crippen molar-refractivity contribution < 1.29 is 9.53 Å². The number of hydrogen-bond acceptors (Lipinski definition) is 4. The molecule has 0 aliphatic heterocycles. The summed E-state index contributed by atoms with van der Waals surface area (Å²) in [6, 6.07) is 7.46. The maximum Gasteiger partial charge on any atom is 0.267 e. The highest BCUT2D eigenvalue weighted by atomic mass is 32.1. The monoisotopic (exact) mass is 290 g/mol. The lowest BCUT2D eigenvalue weighted by Gasteiger charge is -2.11. The fourth-order valence-corrected chi connectivity index (χ4v) is 2.64. The van der Waals surface area contributed by atoms with Crippen LogP contribution in [-0.4, -0.2) is 17.5 Å². The average Bonchev–Trinajstić information content (AvgIpc) is 2.77. The summed E-state index contributed by atoms with van der Waals surface area (Å²) in [5.41, 5.74) is 1.45. The van der Waals surface area contributed by atoms with E-state index in [1.807, 2.05) is 45.0 Å². The van der Waals surface area contributed by atoms with Gasteiger partial charge in [0.15, 0.2) is 0 Å². The Morgan fingerprint density at radius 1 is 1.35 bits per heavy atom. The van der Waals surface area contributed by atoms with Gasteiger partial charge in [-0.05, 0) is 32.4 Å². The molecule has 0 atom stereocenters. The minimum absolute atomic E-state index is 0.138. The molecule has 0 saturated carbocycles. The van der Waals surface area contributed by atoms with E-state index in [0.717, 1.165) is 17.1 Å². The number of aryl methyl sites for hydroxylation is 2. The lowest BCUT2D eigenvalue weighted by atomic mass is 10.2. The van der Waals surface area contributed by atoms with Crippen molar-refractivity contribution in [2.45, 2.75) is 27.2 Å². The van der Waals surface area contributed by atoms with Crippen LogP contribution in [-0.2, 0) is 0 Å². The van der Waals surface area contributed by atoms with Crippen molar-refractivity contribution in [2.75, 3.05) is 11.9 Å². The number of amides is 1. The van der Waals surface area contributed by atoms with Crippen LogP contribution in [0.25, 0.3) is 0 Å². The van der Waals surface area contributed by atoms with Gasteiger partial charge in [-0.15, -0.1) is 11.3 Å². The van der Waals surface area contributed by atoms with Crippen LogP contribution in [0.3, 0.4) is 0 Å². The molecule has 0 unspecified atom stereocenters. The number of para-hydroxylation sites is 2. The summed E-state index contributed by atoms with van der Waals surface area (Å²) in [5, 5.41) is 3.79. The summed E-state index contributed by atoms with van der Waals surface area (Å²) in [7, 11) is 0. The van der Waals surface area contributed by atoms with Gasteiger partial charge in [0.25, 0.3) is 5.91 Å². The molecule has 1 aromatic heterocycles. The lowest BCUT2D eigenvalue weighted by molar-refractivity contribution is 0.102. The molecular formula is C15H18N2O2S. The summed E-state index contributed by atoms with van der Waals surface area (Å²) in [4.78, 5) is 17.2. The molecule has 1 heterocycles. The molecule has 2 rings (SSSR count). The number of hydrogen-bond donors (Lipinski definition) is 1. The van der Waals surface area contributed by atoms with Crippen molar-refractivity contribution >= 4 is 22.9 Å². The van der Waals surface area contributed by atoms with Crippen LogP contribution in [0.4, 0.5) is 5.69 Å². The van der Waals surface area contributed by atoms with Gasteiger partial charge in [-0.2, -0.15) is 0 Å². The average molecular weight is 290 g/mol. The third kappa shape index (κ3) is 3.36. The number of rotatable bonds is 5. The highest BCUT2D eigenvalue weighted by Gasteiger charge is 2.15. The van der Waals surface area contributed by atoms with Gasteiger partial charge in [-0.25, -0.2) is 4.98 Å². The van der Waals surface area contributed by atoms with Gasteiger partial charge in [-0.3, -0.25) is 4.79 Å². The number of nitrogens with one attached hydrogen (secondary N) is 1. The number of benzene rings is 1. The van der Waals surface area contributed by atoms with Crippen LogP contribution < -0.4 is 10.1 Å². The van der Waals surface area contributed by atoms with E-state index in [0.29, 0.717) is 22.9 Å². The highest BCUT2D eigenvalue weighted by molar-refractivity contribution is 7.13. The van der Waals surface area contributed by atoms with E-state index >= 15 is 0 Å². The van der Waals surface area contributed by atoms with E-state index in [1.165, 1.54) is 11.3 Å². The largest absolute Gasteiger partial charge is 0.491 e. The number of aromatic nitrogens is 1. The van der Waals surface area contributed by atoms with E-state index in [9.17, 15) is 4.79 Å². The van der Waals surface area contributed by atoms with E-state index in [-0.39, 0.29) is 5.91 Å². The summed E-state index contributed by atoms with van der Waals surface area (Å²) in [6.45, 7) is 6.42. The third-order valence-electron chi connectivity index (χ3n) is 2.71. The molecule has 0 radical (unpaired) electrons. The summed E-state index contributed by atoms with van der Waals surface area (Å²) < 4.78 is 5.63. The normalized spacial score (nSPS) is 10.3. The Hall–Kier alpha value is -1.88. The molecule has 0 bridgehead atoms. The molecule has 5 heteroatoms. The van der Waals surface area contributed by atoms with Gasteiger partial charge in [0.2, 0.25) is 0 Å². The van der Waals surface area contributed by atoms with E-state index in [4.69, 9.17) is 4.74 Å². The molecule has 0 fully saturated rings. The van der Waals surface area contributed by atoms with Gasteiger partial charge >= 0.3 is 0 Å². The first kappa shape index (κ1) is 14.5. The Balaban J connectivity index is 2.17. The highest BCUT2D eigenvalue weighted by Crippen LogP contribution is 2.26. The van der Waals surface area contributed by atoms with Gasteiger partial charge in [0, 0.05) is 0 Å². The molecule has 4 nitrogen and oxygen atoms in total. The van der Waals surface area contributed by atoms with Gasteiger partial charge < -0.3 is 10.1 Å². The van der Waals surface area contributed by atoms with E-state index in [2.05, 4.69) is 10.3 Å². The SMILES string of the molecule is CCCOc1ccccc1NC(=O)c1sc(C)nc1C. The molecule has 2 aromatic rings. The number of anilines is 1. The van der Waals surface area contributed by atoms with Crippen LogP contribution in [0.2, 0.25) is 0 Å². The standard InChI is InChI=1S/C15H18N2O2S/c1-4-9-19-13-8-6-5-7-12(13)17-15(18)14-10(2)16-11(3)20-14/h5-8H,4,9H2,1-3H3,(H,17,18). The second kappa shape index (κ2) is 6.52. The zero-order chi connectivity index (χ0) is 14.5. The zero-order valence-electron chi connectivity index (χ0n) is 11.9. The molecule has 0 spiro atoms. The third-order valence-corrected chi connectivity index (χ3v) is 3.78. The molecule has 20 heavy (non-hydrogen) atoms. The van der Waals surface area contributed by atoms with E-state index in [1.54, 1.807) is 0 Å². The second-order valence-electron chi connectivity index (χ2n) is 4.45. The Bertz CT molecular complexity index is 608. The maximum atomic E-state index is 12.3. The van der Waals surface area contributed by atoms with Crippen LogP contribution in [0.5, 0.6) is 5.75 Å². The van der Waals surface area contributed by atoms with Crippen molar-refractivity contribution in [3.05, 3.63) is 39.8 Å². The van der Waals surface area contributed by atoms with Crippen molar-refractivity contribution in [1.82, 2.24) is 4.98 Å². The Morgan fingerprint density at radius 2 is 2.10 bits per heavy atom. The second-order valence-corrected chi connectivity index (χ2v) is 5.65. The Morgan fingerprint density at radius 3 is 2.75 bits per heavy atom.